The van der Waals surface area contributed by atoms with Crippen LogP contribution in [0.1, 0.15) is 60.9 Å². The van der Waals surface area contributed by atoms with Gasteiger partial charge in [0.1, 0.15) is 6.10 Å². The molecule has 1 aliphatic heterocycles. The summed E-state index contributed by atoms with van der Waals surface area (Å²) >= 11 is 0. The molecule has 0 aromatic heterocycles. The van der Waals surface area contributed by atoms with Crippen molar-refractivity contribution in [2.45, 2.75) is 63.3 Å². The number of allylic oxidation sites excluding steroid dienone is 1. The van der Waals surface area contributed by atoms with Gasteiger partial charge in [-0.25, -0.2) is 4.79 Å². The largest absolute Gasteiger partial charge is 0.494 e. The van der Waals surface area contributed by atoms with Gasteiger partial charge in [0.15, 0.2) is 0 Å². The smallest absolute Gasteiger partial charge is 0.335 e. The van der Waals surface area contributed by atoms with Crippen LogP contribution in [0.2, 0.25) is 0 Å². The minimum absolute atomic E-state index is 0. The van der Waals surface area contributed by atoms with Gasteiger partial charge < -0.3 is 20.1 Å². The van der Waals surface area contributed by atoms with E-state index in [0.717, 1.165) is 24.2 Å². The molecule has 0 spiro atoms. The standard InChI is InChI=1S/C24H30O5.Na/c25-21(16-6-2-1-3-7-16)10-9-19-20-13-18(29-23(20)14-22(19)26)12-15-5-4-8-17(11-15)24(27)28;/h4-5,8-12,16,19-23,25-26H,1-3,6-7,13-14H2,(H,27,28);/b10-9+,18-12-;/t19-,20-,21-,22-,23+;/m1./s1. The van der Waals surface area contributed by atoms with Gasteiger partial charge in [-0.05, 0) is 42.5 Å². The first-order valence-electron chi connectivity index (χ1n) is 10.8. The van der Waals surface area contributed by atoms with E-state index >= 15 is 0 Å². The maximum atomic E-state index is 11.2. The molecule has 1 aromatic carbocycles. The molecule has 1 radical (unpaired) electrons. The molecule has 6 heteroatoms. The molecule has 3 N–H and O–H groups in total. The molecule has 157 valence electrons. The fourth-order valence-electron chi connectivity index (χ4n) is 5.17. The summed E-state index contributed by atoms with van der Waals surface area (Å²) in [6.45, 7) is 0. The molecule has 1 heterocycles. The topological polar surface area (TPSA) is 87.0 Å². The molecule has 5 atom stereocenters. The quantitative estimate of drug-likeness (QED) is 0.499. The van der Waals surface area contributed by atoms with Gasteiger partial charge in [-0.3, -0.25) is 0 Å². The molecule has 0 bridgehead atoms. The zero-order valence-corrected chi connectivity index (χ0v) is 19.6. The van der Waals surface area contributed by atoms with E-state index in [0.29, 0.717) is 18.8 Å². The maximum absolute atomic E-state index is 11.2. The Labute approximate surface area is 200 Å². The Morgan fingerprint density at radius 3 is 2.70 bits per heavy atom. The predicted molar refractivity (Wildman–Crippen MR) is 116 cm³/mol. The number of aliphatic hydroxyl groups is 2. The average molecular weight is 421 g/mol. The van der Waals surface area contributed by atoms with E-state index in [9.17, 15) is 15.0 Å². The minimum Gasteiger partial charge on any atom is -0.494 e. The molecule has 3 fully saturated rings. The number of carbonyl (C=O) groups is 1. The summed E-state index contributed by atoms with van der Waals surface area (Å²) in [5.41, 5.74) is 1.06. The number of benzene rings is 1. The average Bonchev–Trinajstić information content (AvgIpc) is 3.23. The monoisotopic (exact) mass is 421 g/mol. The third kappa shape index (κ3) is 5.38. The van der Waals surface area contributed by atoms with Crippen molar-refractivity contribution in [3.63, 3.8) is 0 Å². The van der Waals surface area contributed by atoms with E-state index in [1.807, 2.05) is 24.3 Å². The summed E-state index contributed by atoms with van der Waals surface area (Å²) in [6, 6.07) is 6.81. The van der Waals surface area contributed by atoms with E-state index in [-0.39, 0.29) is 53.1 Å². The zero-order chi connectivity index (χ0) is 20.4. The van der Waals surface area contributed by atoms with Gasteiger partial charge in [-0.2, -0.15) is 0 Å². The Morgan fingerprint density at radius 2 is 1.97 bits per heavy atom. The van der Waals surface area contributed by atoms with E-state index in [4.69, 9.17) is 9.84 Å². The molecular formula is C24H30NaO5. The number of fused-ring (bicyclic) bond motifs is 1. The van der Waals surface area contributed by atoms with Crippen LogP contribution in [0, 0.1) is 17.8 Å². The van der Waals surface area contributed by atoms with Crippen molar-refractivity contribution < 1.29 is 24.9 Å². The number of hydrogen-bond acceptors (Lipinski definition) is 4. The van der Waals surface area contributed by atoms with Crippen LogP contribution in [0.25, 0.3) is 6.08 Å². The van der Waals surface area contributed by atoms with Crippen molar-refractivity contribution in [3.05, 3.63) is 53.3 Å². The van der Waals surface area contributed by atoms with Crippen molar-refractivity contribution in [1.29, 1.82) is 0 Å². The Bertz CT molecular complexity index is 799. The maximum Gasteiger partial charge on any atom is 0.335 e. The fourth-order valence-corrected chi connectivity index (χ4v) is 5.17. The molecule has 3 aliphatic rings. The molecule has 30 heavy (non-hydrogen) atoms. The van der Waals surface area contributed by atoms with Gasteiger partial charge >= 0.3 is 5.97 Å². The summed E-state index contributed by atoms with van der Waals surface area (Å²) < 4.78 is 6.07. The Balaban J connectivity index is 0.00000256. The minimum atomic E-state index is -0.945. The second kappa shape index (κ2) is 10.5. The van der Waals surface area contributed by atoms with Crippen LogP contribution in [-0.2, 0) is 4.74 Å². The van der Waals surface area contributed by atoms with Gasteiger partial charge in [0.05, 0.1) is 23.5 Å². The summed E-state index contributed by atoms with van der Waals surface area (Å²) in [6.07, 6.45) is 12.0. The van der Waals surface area contributed by atoms with Gasteiger partial charge in [0.2, 0.25) is 0 Å². The third-order valence-electron chi connectivity index (χ3n) is 6.75. The van der Waals surface area contributed by atoms with Gasteiger partial charge in [-0.15, -0.1) is 0 Å². The molecule has 5 nitrogen and oxygen atoms in total. The Hall–Kier alpha value is -1.11. The molecule has 2 saturated carbocycles. The van der Waals surface area contributed by atoms with E-state index in [2.05, 4.69) is 0 Å². The van der Waals surface area contributed by atoms with Crippen LogP contribution < -0.4 is 0 Å². The van der Waals surface area contributed by atoms with Crippen LogP contribution in [0.4, 0.5) is 0 Å². The first-order valence-corrected chi connectivity index (χ1v) is 10.8. The van der Waals surface area contributed by atoms with Gasteiger partial charge in [0, 0.05) is 54.2 Å². The van der Waals surface area contributed by atoms with Gasteiger partial charge in [-0.1, -0.05) is 43.5 Å². The number of carboxylic acid groups (broad SMARTS) is 1. The molecule has 1 aromatic rings. The molecule has 0 amide bonds. The number of hydrogen-bond donors (Lipinski definition) is 3. The van der Waals surface area contributed by atoms with Crippen LogP contribution in [0.15, 0.2) is 42.2 Å². The van der Waals surface area contributed by atoms with Crippen molar-refractivity contribution in [2.75, 3.05) is 0 Å². The zero-order valence-electron chi connectivity index (χ0n) is 17.6. The fraction of sp³-hybridized carbons (Fsp3) is 0.542. The van der Waals surface area contributed by atoms with Gasteiger partial charge in [0.25, 0.3) is 0 Å². The van der Waals surface area contributed by atoms with Crippen LogP contribution >= 0.6 is 0 Å². The number of rotatable bonds is 5. The summed E-state index contributed by atoms with van der Waals surface area (Å²) in [5, 5.41) is 30.2. The molecule has 0 unspecified atom stereocenters. The van der Waals surface area contributed by atoms with Crippen molar-refractivity contribution in [2.24, 2.45) is 17.8 Å². The SMILES string of the molecule is O=C(O)c1cccc(/C=C2/C[C@@H]3[C@@H](/C=C/[C@@H](O)C4CCCCC4)[C@H](O)C[C@@H]3O2)c1.[Na]. The van der Waals surface area contributed by atoms with Crippen LogP contribution in [0.5, 0.6) is 0 Å². The summed E-state index contributed by atoms with van der Waals surface area (Å²) in [4.78, 5) is 11.2. The van der Waals surface area contributed by atoms with Crippen molar-refractivity contribution in [1.82, 2.24) is 0 Å². The van der Waals surface area contributed by atoms with E-state index < -0.39 is 18.2 Å². The Kier molecular flexibility index (Phi) is 8.22. The summed E-state index contributed by atoms with van der Waals surface area (Å²) in [7, 11) is 0. The van der Waals surface area contributed by atoms with E-state index in [1.54, 1.807) is 18.2 Å². The first-order chi connectivity index (χ1) is 14.0. The Morgan fingerprint density at radius 1 is 1.20 bits per heavy atom. The first kappa shape index (κ1) is 23.6. The van der Waals surface area contributed by atoms with Crippen LogP contribution in [0.3, 0.4) is 0 Å². The molecular weight excluding hydrogens is 391 g/mol. The summed E-state index contributed by atoms with van der Waals surface area (Å²) in [5.74, 6) is 0.398. The second-order valence-corrected chi connectivity index (χ2v) is 8.72. The third-order valence-corrected chi connectivity index (χ3v) is 6.75. The second-order valence-electron chi connectivity index (χ2n) is 8.72. The van der Waals surface area contributed by atoms with Crippen molar-refractivity contribution >= 4 is 41.6 Å². The van der Waals surface area contributed by atoms with E-state index in [1.165, 1.54) is 19.3 Å². The molecule has 2 aliphatic carbocycles. The predicted octanol–water partition coefficient (Wildman–Crippen LogP) is 3.63. The van der Waals surface area contributed by atoms with Crippen molar-refractivity contribution in [3.8, 4) is 0 Å². The number of aromatic carboxylic acids is 1. The number of aliphatic hydroxyl groups excluding tert-OH is 2. The number of ether oxygens (including phenoxy) is 1. The normalized spacial score (nSPS) is 31.3. The molecule has 4 rings (SSSR count). The number of carboxylic acids is 1. The molecule has 1 saturated heterocycles. The van der Waals surface area contributed by atoms with Crippen LogP contribution in [-0.4, -0.2) is 69.2 Å².